The summed E-state index contributed by atoms with van der Waals surface area (Å²) in [5, 5.41) is 5.00. The molecular weight excluding hydrogens is 538 g/mol. The Labute approximate surface area is 221 Å². The van der Waals surface area contributed by atoms with E-state index in [4.69, 9.17) is 11.6 Å². The van der Waals surface area contributed by atoms with Gasteiger partial charge in [-0.05, 0) is 41.9 Å². The van der Waals surface area contributed by atoms with Crippen molar-refractivity contribution >= 4 is 41.1 Å². The van der Waals surface area contributed by atoms with E-state index in [0.29, 0.717) is 30.8 Å². The van der Waals surface area contributed by atoms with Crippen LogP contribution in [0.25, 0.3) is 0 Å². The Morgan fingerprint density at radius 1 is 1.21 bits per heavy atom. The molecule has 4 rings (SSSR count). The van der Waals surface area contributed by atoms with E-state index in [-0.39, 0.29) is 36.2 Å². The largest absolute Gasteiger partial charge is 0.471 e. The van der Waals surface area contributed by atoms with Crippen molar-refractivity contribution in [2.75, 3.05) is 19.6 Å². The van der Waals surface area contributed by atoms with Crippen molar-refractivity contribution in [3.63, 3.8) is 0 Å². The smallest absolute Gasteiger partial charge is 0.356 e. The molecule has 2 heterocycles. The Morgan fingerprint density at radius 2 is 1.84 bits per heavy atom. The van der Waals surface area contributed by atoms with Crippen molar-refractivity contribution in [3.05, 3.63) is 0 Å². The summed E-state index contributed by atoms with van der Waals surface area (Å²) < 4.78 is 52.8. The minimum Gasteiger partial charge on any atom is -0.356 e. The first kappa shape index (κ1) is 28.4. The van der Waals surface area contributed by atoms with Gasteiger partial charge >= 0.3 is 12.1 Å². The molecule has 0 radical (unpaired) electrons. The molecule has 15 heteroatoms. The Morgan fingerprint density at radius 3 is 2.34 bits per heavy atom. The van der Waals surface area contributed by atoms with Gasteiger partial charge in [0.25, 0.3) is 17.4 Å². The summed E-state index contributed by atoms with van der Waals surface area (Å²) in [7, 11) is 0. The lowest BCUT2D eigenvalue weighted by atomic mass is 9.94. The number of hydrazine groups is 1. The van der Waals surface area contributed by atoms with Crippen molar-refractivity contribution in [1.82, 2.24) is 26.0 Å². The van der Waals surface area contributed by atoms with Crippen LogP contribution in [0.15, 0.2) is 0 Å². The molecule has 2 saturated heterocycles. The van der Waals surface area contributed by atoms with Crippen LogP contribution >= 0.6 is 11.6 Å². The van der Waals surface area contributed by atoms with Gasteiger partial charge in [0.15, 0.2) is 0 Å². The standard InChI is InChI=1S/C23H30ClF4N5O5/c1-21(2)11-9-32(18(36)14(22(3)5-6-22)30-20(38)23(26,27)28)13(12(11)21)17(35)31-33(19(37)15(24)25)8-10-4-7-29-16(10)34/h10-15H,4-9H2,1-3H3,(H,29,34)(H,30,38)(H,31,35)/t10-,11-,12-,13-,14+,15-/m0/s1. The first-order chi connectivity index (χ1) is 17.5. The monoisotopic (exact) mass is 567 g/mol. The zero-order valence-corrected chi connectivity index (χ0v) is 21.8. The molecule has 4 aliphatic rings. The first-order valence-electron chi connectivity index (χ1n) is 12.3. The number of carbonyl (C=O) groups is 5. The van der Waals surface area contributed by atoms with Crippen LogP contribution in [0, 0.1) is 28.6 Å². The molecule has 0 bridgehead atoms. The van der Waals surface area contributed by atoms with E-state index in [1.165, 1.54) is 0 Å². The number of hydrogen-bond acceptors (Lipinski definition) is 5. The molecule has 4 fully saturated rings. The summed E-state index contributed by atoms with van der Waals surface area (Å²) in [6.45, 7) is 5.37. The molecule has 0 aromatic rings. The third-order valence-electron chi connectivity index (χ3n) is 8.54. The number of hydrogen-bond donors (Lipinski definition) is 3. The topological polar surface area (TPSA) is 128 Å². The Hall–Kier alpha value is -2.64. The summed E-state index contributed by atoms with van der Waals surface area (Å²) in [4.78, 5) is 64.4. The highest BCUT2D eigenvalue weighted by Crippen LogP contribution is 2.65. The molecule has 212 valence electrons. The van der Waals surface area contributed by atoms with Crippen molar-refractivity contribution in [3.8, 4) is 0 Å². The van der Waals surface area contributed by atoms with Gasteiger partial charge in [-0.25, -0.2) is 9.40 Å². The second-order valence-corrected chi connectivity index (χ2v) is 11.8. The van der Waals surface area contributed by atoms with Gasteiger partial charge in [0.2, 0.25) is 11.8 Å². The van der Waals surface area contributed by atoms with Crippen LogP contribution in [0.2, 0.25) is 0 Å². The van der Waals surface area contributed by atoms with Crippen LogP contribution in [-0.2, 0) is 24.0 Å². The zero-order valence-electron chi connectivity index (χ0n) is 21.0. The van der Waals surface area contributed by atoms with Crippen LogP contribution < -0.4 is 16.1 Å². The highest BCUT2D eigenvalue weighted by atomic mass is 35.5. The third-order valence-corrected chi connectivity index (χ3v) is 8.73. The lowest BCUT2D eigenvalue weighted by molar-refractivity contribution is -0.176. The number of halogens is 5. The number of alkyl halides is 5. The molecule has 2 aliphatic heterocycles. The maximum absolute atomic E-state index is 13.7. The van der Waals surface area contributed by atoms with Crippen molar-refractivity contribution < 1.29 is 41.5 Å². The fraction of sp³-hybridized carbons (Fsp3) is 0.783. The summed E-state index contributed by atoms with van der Waals surface area (Å²) in [6, 6.07) is -2.71. The van der Waals surface area contributed by atoms with E-state index in [0.717, 1.165) is 4.90 Å². The van der Waals surface area contributed by atoms with E-state index in [2.05, 4.69) is 10.7 Å². The molecule has 10 nitrogen and oxygen atoms in total. The van der Waals surface area contributed by atoms with Crippen LogP contribution in [0.1, 0.15) is 40.0 Å². The second kappa shape index (κ2) is 9.53. The van der Waals surface area contributed by atoms with Gasteiger partial charge in [-0.3, -0.25) is 29.4 Å². The molecule has 2 saturated carbocycles. The molecular formula is C23H30ClF4N5O5. The fourth-order valence-corrected chi connectivity index (χ4v) is 5.88. The van der Waals surface area contributed by atoms with Gasteiger partial charge in [0.05, 0.1) is 12.5 Å². The maximum atomic E-state index is 13.7. The number of nitrogens with zero attached hydrogens (tertiary/aromatic N) is 2. The molecule has 0 aromatic carbocycles. The fourth-order valence-electron chi connectivity index (χ4n) is 5.76. The molecule has 6 atom stereocenters. The third kappa shape index (κ3) is 5.15. The molecule has 5 amide bonds. The minimum absolute atomic E-state index is 0.0588. The van der Waals surface area contributed by atoms with Gasteiger partial charge < -0.3 is 15.5 Å². The van der Waals surface area contributed by atoms with Crippen LogP contribution in [0.4, 0.5) is 17.6 Å². The summed E-state index contributed by atoms with van der Waals surface area (Å²) in [5.41, 5.74) is -1.50. The minimum atomic E-state index is -5.20. The Balaban J connectivity index is 1.57. The summed E-state index contributed by atoms with van der Waals surface area (Å²) in [5.74, 6) is -6.90. The molecule has 38 heavy (non-hydrogen) atoms. The van der Waals surface area contributed by atoms with Crippen molar-refractivity contribution in [2.45, 2.75) is 63.9 Å². The van der Waals surface area contributed by atoms with E-state index in [1.54, 1.807) is 6.92 Å². The van der Waals surface area contributed by atoms with Crippen molar-refractivity contribution in [1.29, 1.82) is 0 Å². The average molecular weight is 568 g/mol. The summed E-state index contributed by atoms with van der Waals surface area (Å²) >= 11 is 5.33. The number of fused-ring (bicyclic) bond motifs is 1. The number of carbonyl (C=O) groups excluding carboxylic acids is 5. The molecule has 0 spiro atoms. The van der Waals surface area contributed by atoms with Crippen LogP contribution in [-0.4, -0.2) is 83.0 Å². The molecule has 2 aliphatic carbocycles. The maximum Gasteiger partial charge on any atom is 0.471 e. The zero-order chi connectivity index (χ0) is 28.4. The Kier molecular flexibility index (Phi) is 7.11. The first-order valence-corrected chi connectivity index (χ1v) is 12.8. The molecule has 0 aromatic heterocycles. The number of piperidine rings is 1. The van der Waals surface area contributed by atoms with E-state index >= 15 is 0 Å². The molecule has 0 unspecified atom stereocenters. The number of nitrogens with one attached hydrogen (secondary N) is 3. The van der Waals surface area contributed by atoms with Gasteiger partial charge in [0, 0.05) is 13.1 Å². The molecule has 3 N–H and O–H groups in total. The quantitative estimate of drug-likeness (QED) is 0.239. The normalized spacial score (nSPS) is 30.0. The number of rotatable bonds is 7. The predicted molar refractivity (Wildman–Crippen MR) is 123 cm³/mol. The number of amides is 5. The SMILES string of the molecule is CC1([C@H](NC(=O)C(F)(F)F)C(=O)N2C[C@H]3[C@@H]([C@H]2C(=O)NN(C[C@@H]2CCNC2=O)C(=O)[C@H](F)Cl)C3(C)C)CC1. The van der Waals surface area contributed by atoms with Gasteiger partial charge in [0.1, 0.15) is 12.1 Å². The van der Waals surface area contributed by atoms with E-state index in [9.17, 15) is 41.5 Å². The Bertz CT molecular complexity index is 1050. The second-order valence-electron chi connectivity index (χ2n) is 11.4. The van der Waals surface area contributed by atoms with Crippen molar-refractivity contribution in [2.24, 2.45) is 28.6 Å². The van der Waals surface area contributed by atoms with Gasteiger partial charge in [-0.15, -0.1) is 0 Å². The summed E-state index contributed by atoms with van der Waals surface area (Å²) in [6.07, 6.45) is -4.05. The number of likely N-dealkylation sites (tertiary alicyclic amines) is 1. The van der Waals surface area contributed by atoms with Gasteiger partial charge in [-0.1, -0.05) is 32.4 Å². The van der Waals surface area contributed by atoms with Crippen LogP contribution in [0.5, 0.6) is 0 Å². The lowest BCUT2D eigenvalue weighted by Crippen LogP contribution is -2.61. The highest BCUT2D eigenvalue weighted by Gasteiger charge is 2.70. The van der Waals surface area contributed by atoms with E-state index < -0.39 is 58.9 Å². The average Bonchev–Trinajstić information content (AvgIpc) is 3.48. The van der Waals surface area contributed by atoms with Gasteiger partial charge in [-0.2, -0.15) is 13.2 Å². The van der Waals surface area contributed by atoms with Crippen LogP contribution in [0.3, 0.4) is 0 Å². The van der Waals surface area contributed by atoms with E-state index in [1.807, 2.05) is 19.2 Å². The predicted octanol–water partition coefficient (Wildman–Crippen LogP) is 0.847. The highest BCUT2D eigenvalue weighted by molar-refractivity contribution is 6.29. The lowest BCUT2D eigenvalue weighted by Gasteiger charge is -2.36.